The topological polar surface area (TPSA) is 112 Å². The van der Waals surface area contributed by atoms with Crippen LogP contribution in [0.5, 0.6) is 0 Å². The Bertz CT molecular complexity index is 1130. The Morgan fingerprint density at radius 2 is 1.37 bits per heavy atom. The van der Waals surface area contributed by atoms with Gasteiger partial charge in [-0.05, 0) is 18.2 Å². The molecule has 0 heterocycles. The minimum Gasteiger partial charge on any atom is -0.545 e. The van der Waals surface area contributed by atoms with Gasteiger partial charge in [-0.15, -0.1) is 0 Å². The first-order valence-electron chi connectivity index (χ1n) is 8.17. The number of rotatable bonds is 3. The third-order valence-corrected chi connectivity index (χ3v) is 4.52. The van der Waals surface area contributed by atoms with Crippen molar-refractivity contribution in [2.24, 2.45) is 0 Å². The molecule has 132 valence electrons. The average Bonchev–Trinajstić information content (AvgIpc) is 2.67. The number of ketones is 2. The molecule has 0 bridgehead atoms. The van der Waals surface area contributed by atoms with Gasteiger partial charge in [-0.2, -0.15) is 0 Å². The summed E-state index contributed by atoms with van der Waals surface area (Å²) < 4.78 is 0. The number of carbonyl (C=O) groups is 3. The van der Waals surface area contributed by atoms with Gasteiger partial charge in [0.25, 0.3) is 0 Å². The number of fused-ring (bicyclic) bond motifs is 2. The van der Waals surface area contributed by atoms with Crippen LogP contribution in [0, 0.1) is 0 Å². The molecule has 0 unspecified atom stereocenters. The van der Waals surface area contributed by atoms with Crippen molar-refractivity contribution in [2.45, 2.75) is 0 Å². The number of nitrogens with one attached hydrogen (secondary N) is 1. The van der Waals surface area contributed by atoms with E-state index in [0.29, 0.717) is 11.3 Å². The number of hydrogen-bond acceptors (Lipinski definition) is 6. The van der Waals surface area contributed by atoms with E-state index in [1.165, 1.54) is 12.1 Å². The van der Waals surface area contributed by atoms with E-state index in [2.05, 4.69) is 5.32 Å². The number of anilines is 3. The molecule has 3 aromatic carbocycles. The van der Waals surface area contributed by atoms with E-state index in [9.17, 15) is 19.5 Å². The summed E-state index contributed by atoms with van der Waals surface area (Å²) in [6.07, 6.45) is 0. The minimum atomic E-state index is -1.35. The van der Waals surface area contributed by atoms with E-state index < -0.39 is 5.97 Å². The van der Waals surface area contributed by atoms with Crippen LogP contribution in [0.15, 0.2) is 60.7 Å². The maximum Gasteiger partial charge on any atom is 0.196 e. The van der Waals surface area contributed by atoms with Crippen molar-refractivity contribution in [1.29, 1.82) is 0 Å². The molecule has 3 aromatic rings. The van der Waals surface area contributed by atoms with Gasteiger partial charge in [-0.3, -0.25) is 9.59 Å². The second-order valence-corrected chi connectivity index (χ2v) is 6.11. The van der Waals surface area contributed by atoms with Crippen LogP contribution < -0.4 is 16.2 Å². The first-order valence-corrected chi connectivity index (χ1v) is 8.17. The van der Waals surface area contributed by atoms with Crippen molar-refractivity contribution in [3.8, 4) is 0 Å². The molecule has 0 saturated heterocycles. The zero-order valence-corrected chi connectivity index (χ0v) is 14.0. The highest BCUT2D eigenvalue weighted by molar-refractivity contribution is 6.31. The summed E-state index contributed by atoms with van der Waals surface area (Å²) >= 11 is 0. The fourth-order valence-electron chi connectivity index (χ4n) is 3.27. The largest absolute Gasteiger partial charge is 0.545 e. The minimum absolute atomic E-state index is 0.0574. The van der Waals surface area contributed by atoms with Gasteiger partial charge in [0.15, 0.2) is 11.6 Å². The molecule has 3 N–H and O–H groups in total. The van der Waals surface area contributed by atoms with Crippen molar-refractivity contribution in [3.05, 3.63) is 88.5 Å². The Labute approximate surface area is 154 Å². The summed E-state index contributed by atoms with van der Waals surface area (Å²) in [4.78, 5) is 37.3. The number of benzene rings is 3. The lowest BCUT2D eigenvalue weighted by Gasteiger charge is -2.23. The third-order valence-electron chi connectivity index (χ3n) is 4.52. The molecular formula is C21H13N2O4-. The Morgan fingerprint density at radius 1 is 0.778 bits per heavy atom. The van der Waals surface area contributed by atoms with E-state index >= 15 is 0 Å². The van der Waals surface area contributed by atoms with Crippen molar-refractivity contribution in [3.63, 3.8) is 0 Å². The van der Waals surface area contributed by atoms with E-state index in [0.717, 1.165) is 0 Å². The van der Waals surface area contributed by atoms with Crippen LogP contribution in [0.25, 0.3) is 0 Å². The van der Waals surface area contributed by atoms with Crippen molar-refractivity contribution in [2.75, 3.05) is 11.1 Å². The molecular weight excluding hydrogens is 344 g/mol. The Morgan fingerprint density at radius 3 is 2.04 bits per heavy atom. The Balaban J connectivity index is 1.90. The van der Waals surface area contributed by atoms with Crippen molar-refractivity contribution < 1.29 is 19.5 Å². The SMILES string of the molecule is Nc1ccc(Nc2ccccc2C(=O)[O-])c2c1C(=O)c1ccccc1C2=O. The molecule has 0 atom stereocenters. The molecule has 1 aliphatic rings. The van der Waals surface area contributed by atoms with Gasteiger partial charge in [-0.1, -0.05) is 42.5 Å². The van der Waals surface area contributed by atoms with Gasteiger partial charge in [-0.25, -0.2) is 0 Å². The van der Waals surface area contributed by atoms with Crippen LogP contribution in [0.4, 0.5) is 17.1 Å². The lowest BCUT2D eigenvalue weighted by atomic mass is 9.82. The predicted molar refractivity (Wildman–Crippen MR) is 98.2 cm³/mol. The van der Waals surface area contributed by atoms with E-state index in [4.69, 9.17) is 5.73 Å². The van der Waals surface area contributed by atoms with Gasteiger partial charge in [0.2, 0.25) is 0 Å². The van der Waals surface area contributed by atoms with Crippen LogP contribution >= 0.6 is 0 Å². The number of nitrogens with two attached hydrogens (primary N) is 1. The molecule has 0 amide bonds. The number of carboxylic acids is 1. The van der Waals surface area contributed by atoms with Gasteiger partial charge in [0.05, 0.1) is 22.8 Å². The van der Waals surface area contributed by atoms with E-state index in [1.54, 1.807) is 48.5 Å². The molecule has 0 radical (unpaired) electrons. The fourth-order valence-corrected chi connectivity index (χ4v) is 3.27. The van der Waals surface area contributed by atoms with E-state index in [-0.39, 0.29) is 45.2 Å². The van der Waals surface area contributed by atoms with Gasteiger partial charge in [0, 0.05) is 28.1 Å². The van der Waals surface area contributed by atoms with E-state index in [1.807, 2.05) is 0 Å². The molecule has 0 aliphatic heterocycles. The second kappa shape index (κ2) is 6.10. The van der Waals surface area contributed by atoms with Crippen LogP contribution in [0.1, 0.15) is 42.2 Å². The van der Waals surface area contributed by atoms with Crippen molar-refractivity contribution in [1.82, 2.24) is 0 Å². The Hall–Kier alpha value is -3.93. The van der Waals surface area contributed by atoms with Gasteiger partial charge in [0.1, 0.15) is 0 Å². The number of para-hydroxylation sites is 1. The van der Waals surface area contributed by atoms with Gasteiger partial charge < -0.3 is 21.0 Å². The predicted octanol–water partition coefficient (Wildman–Crippen LogP) is 2.15. The number of carboxylic acid groups (broad SMARTS) is 1. The molecule has 1 aliphatic carbocycles. The van der Waals surface area contributed by atoms with Crippen LogP contribution in [0.2, 0.25) is 0 Å². The smallest absolute Gasteiger partial charge is 0.196 e. The molecule has 6 nitrogen and oxygen atoms in total. The first-order chi connectivity index (χ1) is 13.0. The summed E-state index contributed by atoms with van der Waals surface area (Å²) in [6.45, 7) is 0. The Kier molecular flexibility index (Phi) is 3.74. The highest BCUT2D eigenvalue weighted by atomic mass is 16.4. The highest BCUT2D eigenvalue weighted by Gasteiger charge is 2.33. The number of nitrogen functional groups attached to an aromatic ring is 1. The number of aromatic carboxylic acids is 1. The molecule has 6 heteroatoms. The quantitative estimate of drug-likeness (QED) is 0.543. The van der Waals surface area contributed by atoms with Crippen LogP contribution in [-0.4, -0.2) is 17.5 Å². The maximum absolute atomic E-state index is 13.1. The highest BCUT2D eigenvalue weighted by Crippen LogP contribution is 2.36. The summed E-state index contributed by atoms with van der Waals surface area (Å²) in [5, 5.41) is 14.3. The molecule has 0 spiro atoms. The number of hydrogen-bond donors (Lipinski definition) is 2. The fraction of sp³-hybridized carbons (Fsp3) is 0. The lowest BCUT2D eigenvalue weighted by Crippen LogP contribution is -2.25. The monoisotopic (exact) mass is 357 g/mol. The zero-order valence-electron chi connectivity index (χ0n) is 14.0. The summed E-state index contributed by atoms with van der Waals surface area (Å²) in [7, 11) is 0. The summed E-state index contributed by atoms with van der Waals surface area (Å²) in [6, 6.07) is 15.8. The number of carbonyl (C=O) groups excluding carboxylic acids is 3. The molecule has 4 rings (SSSR count). The van der Waals surface area contributed by atoms with Crippen LogP contribution in [0.3, 0.4) is 0 Å². The van der Waals surface area contributed by atoms with Crippen molar-refractivity contribution >= 4 is 34.6 Å². The zero-order chi connectivity index (χ0) is 19.1. The first kappa shape index (κ1) is 16.5. The molecule has 0 fully saturated rings. The standard InChI is InChI=1S/C21H14N2O4/c22-14-9-10-16(23-15-8-4-3-7-13(15)21(26)27)18-17(14)19(24)11-5-1-2-6-12(11)20(18)25/h1-10,23H,22H2,(H,26,27)/p-1. The lowest BCUT2D eigenvalue weighted by molar-refractivity contribution is -0.254. The second-order valence-electron chi connectivity index (χ2n) is 6.11. The normalized spacial score (nSPS) is 12.3. The average molecular weight is 357 g/mol. The molecule has 27 heavy (non-hydrogen) atoms. The maximum atomic E-state index is 13.1. The summed E-state index contributed by atoms with van der Waals surface area (Å²) in [5.74, 6) is -2.04. The molecule has 0 saturated carbocycles. The molecule has 0 aromatic heterocycles. The third kappa shape index (κ3) is 2.55. The summed E-state index contributed by atoms with van der Waals surface area (Å²) in [5.41, 5.74) is 7.52. The van der Waals surface area contributed by atoms with Crippen LogP contribution in [-0.2, 0) is 0 Å². The van der Waals surface area contributed by atoms with Gasteiger partial charge >= 0.3 is 0 Å².